The van der Waals surface area contributed by atoms with Crippen molar-refractivity contribution < 1.29 is 28.7 Å². The van der Waals surface area contributed by atoms with E-state index in [1.165, 1.54) is 25.3 Å². The van der Waals surface area contributed by atoms with Crippen molar-refractivity contribution in [3.8, 4) is 0 Å². The molecule has 16 rings (SSSR count). The Morgan fingerprint density at radius 1 is 0.400 bits per heavy atom. The Morgan fingerprint density at radius 2 is 0.687 bits per heavy atom. The molecule has 4 aliphatic heterocycles. The fraction of sp³-hybridized carbons (Fsp3) is 0.446. The number of hydrogen-bond acceptors (Lipinski definition) is 24. The van der Waals surface area contributed by atoms with Gasteiger partial charge in [-0.1, -0.05) is 83.7 Å². The summed E-state index contributed by atoms with van der Waals surface area (Å²) in [5, 5.41) is 24.3. The van der Waals surface area contributed by atoms with Gasteiger partial charge in [0.1, 0.15) is 125 Å². The number of carbonyl (C=O) groups is 5. The number of aryl methyl sites for hydroxylation is 5. The molecule has 33 nitrogen and oxygen atoms in total. The maximum Gasteiger partial charge on any atom is 0.413 e. The van der Waals surface area contributed by atoms with Crippen molar-refractivity contribution in [1.29, 1.82) is 0 Å². The van der Waals surface area contributed by atoms with Gasteiger partial charge in [0.05, 0.1) is 11.4 Å². The van der Waals surface area contributed by atoms with Crippen molar-refractivity contribution in [2.75, 3.05) is 38.5 Å². The molecular formula is C74H89Cl8N23O10. The molecule has 12 heterocycles. The molecule has 0 bridgehead atoms. The van der Waals surface area contributed by atoms with Crippen LogP contribution in [0.25, 0.3) is 0 Å². The highest BCUT2D eigenvalue weighted by Gasteiger charge is 2.49. The monoisotopic (exact) mass is 1740 g/mol. The lowest BCUT2D eigenvalue weighted by Crippen LogP contribution is -2.48. The van der Waals surface area contributed by atoms with Crippen molar-refractivity contribution in [3.63, 3.8) is 0 Å². The number of nitrogens with one attached hydrogen (secondary N) is 8. The molecule has 4 fully saturated rings. The van der Waals surface area contributed by atoms with E-state index in [2.05, 4.69) is 82.4 Å². The van der Waals surface area contributed by atoms with Crippen LogP contribution in [0.3, 0.4) is 0 Å². The van der Waals surface area contributed by atoms with E-state index in [0.717, 1.165) is 140 Å². The summed E-state index contributed by atoms with van der Waals surface area (Å²) in [7, 11) is 0. The van der Waals surface area contributed by atoms with Crippen molar-refractivity contribution in [3.05, 3.63) is 167 Å². The van der Waals surface area contributed by atoms with Crippen LogP contribution in [0.1, 0.15) is 219 Å². The third-order valence-corrected chi connectivity index (χ3v) is 22.9. The van der Waals surface area contributed by atoms with E-state index in [4.69, 9.17) is 79.9 Å². The van der Waals surface area contributed by atoms with E-state index in [9.17, 15) is 43.2 Å². The molecule has 0 radical (unpaired) electrons. The van der Waals surface area contributed by atoms with Crippen molar-refractivity contribution in [2.45, 2.75) is 212 Å². The van der Waals surface area contributed by atoms with Gasteiger partial charge in [0.25, 0.3) is 45.9 Å². The molecule has 0 unspecified atom stereocenters. The number of carbonyl (C=O) groups excluding carboxylic acids is 5. The van der Waals surface area contributed by atoms with Crippen molar-refractivity contribution in [1.82, 2.24) is 79.4 Å². The Hall–Kier alpha value is -9.61. The topological polar surface area (TPSA) is 460 Å². The van der Waals surface area contributed by atoms with E-state index in [-0.39, 0.29) is 138 Å². The number of pyridine rings is 4. The average molecular weight is 1740 g/mol. The van der Waals surface area contributed by atoms with Crippen molar-refractivity contribution in [2.24, 2.45) is 0 Å². The quantitative estimate of drug-likeness (QED) is 0.0660. The van der Waals surface area contributed by atoms with Crippen LogP contribution in [0.4, 0.5) is 62.5 Å². The van der Waals surface area contributed by atoms with E-state index in [1.54, 1.807) is 70.2 Å². The molecule has 115 heavy (non-hydrogen) atoms. The second kappa shape index (κ2) is 35.9. The van der Waals surface area contributed by atoms with Gasteiger partial charge in [0, 0.05) is 0 Å². The first-order chi connectivity index (χ1) is 53.1. The lowest BCUT2D eigenvalue weighted by molar-refractivity contribution is 0.0633. The van der Waals surface area contributed by atoms with Crippen LogP contribution in [-0.2, 0) is 27.4 Å². The largest absolute Gasteiger partial charge is 0.444 e. The van der Waals surface area contributed by atoms with Crippen LogP contribution >= 0.6 is 95.2 Å². The molecule has 8 aromatic rings. The minimum atomic E-state index is -0.649. The smallest absolute Gasteiger partial charge is 0.413 e. The summed E-state index contributed by atoms with van der Waals surface area (Å²) >= 11 is 30.0. The second-order valence-corrected chi connectivity index (χ2v) is 31.8. The lowest BCUT2D eigenvalue weighted by atomic mass is 9.89. The number of nitrogen functional groups attached to an aromatic ring is 3. The van der Waals surface area contributed by atoms with E-state index < -0.39 is 34.3 Å². The number of amides is 5. The normalized spacial score (nSPS) is 16.9. The van der Waals surface area contributed by atoms with Gasteiger partial charge in [-0.3, -0.25) is 61.9 Å². The molecule has 8 aliphatic rings. The molecule has 4 saturated carbocycles. The predicted octanol–water partition coefficient (Wildman–Crippen LogP) is 13.1. The zero-order chi connectivity index (χ0) is 80.7. The summed E-state index contributed by atoms with van der Waals surface area (Å²) < 4.78 is 11.5. The highest BCUT2D eigenvalue weighted by atomic mass is 35.5. The van der Waals surface area contributed by atoms with Gasteiger partial charge >= 0.3 is 6.09 Å². The molecule has 0 atom stereocenters. The Kier molecular flexibility index (Phi) is 27.9. The molecular weight excluding hydrogens is 1650 g/mol. The highest BCUT2D eigenvalue weighted by molar-refractivity contribution is 6.43. The van der Waals surface area contributed by atoms with Gasteiger partial charge in [-0.15, -0.1) is 37.2 Å². The van der Waals surface area contributed by atoms with Crippen LogP contribution in [0.15, 0.2) is 68.8 Å². The maximum atomic E-state index is 13.3. The lowest BCUT2D eigenvalue weighted by Gasteiger charge is -2.35. The average Bonchev–Trinajstić information content (AvgIpc) is 1.66. The number of ether oxygens (including phenoxy) is 1. The van der Waals surface area contributed by atoms with E-state index in [0.29, 0.717) is 67.5 Å². The third-order valence-electron chi connectivity index (χ3n) is 21.0. The number of hydrogen-bond donors (Lipinski definition) is 11. The Bertz CT molecular complexity index is 5010. The summed E-state index contributed by atoms with van der Waals surface area (Å²) in [5.74, 6) is 0.551. The first kappa shape index (κ1) is 89.3. The van der Waals surface area contributed by atoms with Crippen molar-refractivity contribution >= 4 is 183 Å². The van der Waals surface area contributed by atoms with E-state index >= 15 is 0 Å². The van der Waals surface area contributed by atoms with Gasteiger partial charge in [0.2, 0.25) is 0 Å². The first-order valence-corrected chi connectivity index (χ1v) is 38.6. The summed E-state index contributed by atoms with van der Waals surface area (Å²) in [5.41, 5.74) is 19.6. The summed E-state index contributed by atoms with van der Waals surface area (Å²) in [6, 6.07) is 6.56. The third kappa shape index (κ3) is 17.9. The minimum absolute atomic E-state index is 0. The Morgan fingerprint density at radius 3 is 1.02 bits per heavy atom. The molecule has 41 heteroatoms. The Balaban J connectivity index is 0.000000165. The predicted molar refractivity (Wildman–Crippen MR) is 448 cm³/mol. The van der Waals surface area contributed by atoms with Crippen LogP contribution < -0.4 is 82.0 Å². The zero-order valence-corrected chi connectivity index (χ0v) is 70.3. The SMILES string of the molecule is CC(C)(C)OC(=O)Nc1ncnc(Cl)c1Cl.Cc1cc(N)c(=O)n2c1C(=O)NC21CCCCC1.Cc1cc(Nc2ncnc(C)c2Cl)c(=O)n2c1C(=O)NC21CCCCC1.Cc1cc(Nc2ncnc(N)c2Cl)c(=O)n2c1C(=O)NC21CCCCC1.Cc1cc(Nc2ncnc(N)c2Cl)c(=O)n2c1C(=O)NC21CCCCC1.Cl.Cl.Cl. The molecule has 4 aliphatic carbocycles. The number of nitrogens with two attached hydrogens (primary N) is 3. The van der Waals surface area contributed by atoms with Gasteiger partial charge in [-0.25, -0.2) is 44.7 Å². The summed E-state index contributed by atoms with van der Waals surface area (Å²) in [4.78, 5) is 144. The molecule has 0 aromatic carbocycles. The van der Waals surface area contributed by atoms with Gasteiger partial charge in [0.15, 0.2) is 28.4 Å². The number of halogens is 8. The fourth-order valence-electron chi connectivity index (χ4n) is 16.0. The zero-order valence-electron chi connectivity index (χ0n) is 64.1. The van der Waals surface area contributed by atoms with Gasteiger partial charge in [-0.05, 0) is 205 Å². The molecule has 8 aromatic heterocycles. The first-order valence-electron chi connectivity index (χ1n) is 36.7. The second-order valence-electron chi connectivity index (χ2n) is 29.9. The van der Waals surface area contributed by atoms with Crippen LogP contribution in [0, 0.1) is 34.6 Å². The van der Waals surface area contributed by atoms with Gasteiger partial charge < -0.3 is 59.2 Å². The molecule has 616 valence electrons. The summed E-state index contributed by atoms with van der Waals surface area (Å²) in [6.07, 6.45) is 23.0. The maximum absolute atomic E-state index is 13.3. The van der Waals surface area contributed by atoms with Crippen LogP contribution in [0.2, 0.25) is 25.2 Å². The molecule has 0 saturated heterocycles. The number of rotatable bonds is 7. The van der Waals surface area contributed by atoms with E-state index in [1.807, 2.05) is 27.7 Å². The fourth-order valence-corrected chi connectivity index (χ4v) is 16.7. The summed E-state index contributed by atoms with van der Waals surface area (Å²) in [6.45, 7) is 14.3. The number of aromatic nitrogens is 12. The Labute approximate surface area is 703 Å². The van der Waals surface area contributed by atoms with Crippen LogP contribution in [-0.4, -0.2) is 93.5 Å². The minimum Gasteiger partial charge on any atom is -0.444 e. The molecule has 4 spiro atoms. The molecule has 14 N–H and O–H groups in total. The number of anilines is 10. The number of nitrogens with zero attached hydrogens (tertiary/aromatic N) is 12. The highest BCUT2D eigenvalue weighted by Crippen LogP contribution is 2.43. The molecule has 5 amide bonds. The number of fused-ring (bicyclic) bond motifs is 8. The van der Waals surface area contributed by atoms with Crippen LogP contribution in [0.5, 0.6) is 0 Å². The van der Waals surface area contributed by atoms with Gasteiger partial charge in [-0.2, -0.15) is 0 Å². The standard InChI is InChI=1S/C18H20ClN5O2.2C17H19ClN6O2.C13H17N3O2.C9H11Cl2N3O2.3ClH/c1-10-8-12(22-15-13(19)11(2)20-9-21-15)17(26)24-14(10)16(25)23-18(24)6-4-3-5-7-18;2*1-9-7-10(22-14-11(18)13(19)20-8-21-14)16(26)24-12(9)15(25)23-17(24)5-3-2-4-6-17;1-8-7-9(14)12(18)16-10(8)11(17)15-13(16)5-3-2-4-6-13;1-9(2,3)16-8(15)14-7-5(10)6(11)12-4-13-7;;;/h8-9H,3-7H2,1-2H3,(H,23,25)(H,20,21,22);2*7-8H,2-6H2,1H3,(H,23,25)(H3,19,20,21,22);7H,2-6,14H2,1H3,(H,15,17);4H,1-3H3,(H,12,13,14,15);3*1H.